The van der Waals surface area contributed by atoms with E-state index >= 15 is 0 Å². The van der Waals surface area contributed by atoms with E-state index in [0.29, 0.717) is 11.3 Å². The number of carboxylic acid groups (broad SMARTS) is 1. The predicted octanol–water partition coefficient (Wildman–Crippen LogP) is 0.531. The van der Waals surface area contributed by atoms with Crippen molar-refractivity contribution in [2.75, 3.05) is 7.11 Å². The first-order valence-corrected chi connectivity index (χ1v) is 4.84. The van der Waals surface area contributed by atoms with Gasteiger partial charge in [0.15, 0.2) is 0 Å². The molecule has 2 unspecified atom stereocenters. The Balaban J connectivity index is 2.71. The van der Waals surface area contributed by atoms with Crippen LogP contribution in [0.1, 0.15) is 18.1 Å². The van der Waals surface area contributed by atoms with Crippen molar-refractivity contribution >= 4 is 5.97 Å². The molecule has 0 heterocycles. The maximum absolute atomic E-state index is 10.4. The van der Waals surface area contributed by atoms with Gasteiger partial charge < -0.3 is 20.7 Å². The lowest BCUT2D eigenvalue weighted by atomic mass is 10.0. The van der Waals surface area contributed by atoms with Crippen molar-refractivity contribution in [3.63, 3.8) is 0 Å². The first-order chi connectivity index (χ1) is 7.54. The van der Waals surface area contributed by atoms with Crippen LogP contribution in [0.4, 0.5) is 0 Å². The SMILES string of the molecule is COc1ccc(C(O)C(N)CC(=O)O)cc1. The van der Waals surface area contributed by atoms with Crippen LogP contribution in [0.2, 0.25) is 0 Å². The molecule has 0 fully saturated rings. The molecule has 5 heteroatoms. The second-order valence-electron chi connectivity index (χ2n) is 3.48. The van der Waals surface area contributed by atoms with Crippen molar-refractivity contribution < 1.29 is 19.7 Å². The second kappa shape index (κ2) is 5.48. The van der Waals surface area contributed by atoms with Crippen LogP contribution in [0.25, 0.3) is 0 Å². The lowest BCUT2D eigenvalue weighted by Crippen LogP contribution is -2.30. The molecule has 88 valence electrons. The maximum Gasteiger partial charge on any atom is 0.305 e. The number of benzene rings is 1. The monoisotopic (exact) mass is 225 g/mol. The molecule has 5 nitrogen and oxygen atoms in total. The van der Waals surface area contributed by atoms with Crippen molar-refractivity contribution in [1.82, 2.24) is 0 Å². The number of aliphatic carboxylic acids is 1. The highest BCUT2D eigenvalue weighted by atomic mass is 16.5. The molecule has 1 rings (SSSR count). The Morgan fingerprint density at radius 1 is 1.44 bits per heavy atom. The highest BCUT2D eigenvalue weighted by Crippen LogP contribution is 2.20. The second-order valence-corrected chi connectivity index (χ2v) is 3.48. The number of ether oxygens (including phenoxy) is 1. The van der Waals surface area contributed by atoms with Gasteiger partial charge >= 0.3 is 5.97 Å². The third kappa shape index (κ3) is 3.22. The number of aliphatic hydroxyl groups excluding tert-OH is 1. The number of hydrogen-bond donors (Lipinski definition) is 3. The van der Waals surface area contributed by atoms with Crippen LogP contribution in [-0.2, 0) is 4.79 Å². The van der Waals surface area contributed by atoms with Gasteiger partial charge in [0, 0.05) is 6.04 Å². The molecule has 16 heavy (non-hydrogen) atoms. The number of carboxylic acids is 1. The van der Waals surface area contributed by atoms with Gasteiger partial charge in [-0.1, -0.05) is 12.1 Å². The fraction of sp³-hybridized carbons (Fsp3) is 0.364. The summed E-state index contributed by atoms with van der Waals surface area (Å²) in [6, 6.07) is 5.88. The molecule has 0 amide bonds. The van der Waals surface area contributed by atoms with Gasteiger partial charge in [0.25, 0.3) is 0 Å². The third-order valence-corrected chi connectivity index (χ3v) is 2.27. The lowest BCUT2D eigenvalue weighted by Gasteiger charge is -2.17. The quantitative estimate of drug-likeness (QED) is 0.679. The van der Waals surface area contributed by atoms with Crippen LogP contribution in [0.3, 0.4) is 0 Å². The van der Waals surface area contributed by atoms with E-state index in [-0.39, 0.29) is 6.42 Å². The Labute approximate surface area is 93.5 Å². The molecule has 0 saturated carbocycles. The molecule has 0 saturated heterocycles. The largest absolute Gasteiger partial charge is 0.497 e. The number of aliphatic hydroxyl groups is 1. The first-order valence-electron chi connectivity index (χ1n) is 4.84. The van der Waals surface area contributed by atoms with E-state index in [0.717, 1.165) is 0 Å². The van der Waals surface area contributed by atoms with E-state index in [4.69, 9.17) is 15.6 Å². The Morgan fingerprint density at radius 3 is 2.44 bits per heavy atom. The zero-order valence-corrected chi connectivity index (χ0v) is 8.96. The predicted molar refractivity (Wildman–Crippen MR) is 58.2 cm³/mol. The van der Waals surface area contributed by atoms with Crippen molar-refractivity contribution in [2.24, 2.45) is 5.73 Å². The number of methoxy groups -OCH3 is 1. The van der Waals surface area contributed by atoms with Crippen molar-refractivity contribution in [3.05, 3.63) is 29.8 Å². The number of nitrogens with two attached hydrogens (primary N) is 1. The molecule has 0 aromatic heterocycles. The van der Waals surface area contributed by atoms with E-state index < -0.39 is 18.1 Å². The lowest BCUT2D eigenvalue weighted by molar-refractivity contribution is -0.138. The summed E-state index contributed by atoms with van der Waals surface area (Å²) in [5.41, 5.74) is 6.14. The van der Waals surface area contributed by atoms with Crippen LogP contribution < -0.4 is 10.5 Å². The average molecular weight is 225 g/mol. The van der Waals surface area contributed by atoms with Crippen LogP contribution in [0.15, 0.2) is 24.3 Å². The van der Waals surface area contributed by atoms with E-state index in [1.54, 1.807) is 31.4 Å². The minimum absolute atomic E-state index is 0.271. The number of carbonyl (C=O) groups is 1. The molecule has 0 aliphatic rings. The van der Waals surface area contributed by atoms with E-state index in [9.17, 15) is 9.90 Å². The van der Waals surface area contributed by atoms with Crippen molar-refractivity contribution in [1.29, 1.82) is 0 Å². The molecular weight excluding hydrogens is 210 g/mol. The summed E-state index contributed by atoms with van der Waals surface area (Å²) >= 11 is 0. The van der Waals surface area contributed by atoms with Gasteiger partial charge in [0.05, 0.1) is 19.6 Å². The Kier molecular flexibility index (Phi) is 4.28. The van der Waals surface area contributed by atoms with E-state index in [1.165, 1.54) is 0 Å². The zero-order valence-electron chi connectivity index (χ0n) is 8.96. The zero-order chi connectivity index (χ0) is 12.1. The van der Waals surface area contributed by atoms with Crippen LogP contribution in [0.5, 0.6) is 5.75 Å². The Morgan fingerprint density at radius 2 is 2.00 bits per heavy atom. The molecule has 1 aromatic carbocycles. The summed E-state index contributed by atoms with van der Waals surface area (Å²) < 4.78 is 4.97. The summed E-state index contributed by atoms with van der Waals surface area (Å²) in [5.74, 6) is -0.359. The van der Waals surface area contributed by atoms with Gasteiger partial charge in [0.1, 0.15) is 5.75 Å². The Hall–Kier alpha value is -1.59. The molecule has 4 N–H and O–H groups in total. The van der Waals surface area contributed by atoms with Crippen molar-refractivity contribution in [3.8, 4) is 5.75 Å². The van der Waals surface area contributed by atoms with Gasteiger partial charge in [-0.2, -0.15) is 0 Å². The standard InChI is InChI=1S/C11H15NO4/c1-16-8-4-2-7(3-5-8)11(15)9(12)6-10(13)14/h2-5,9,11,15H,6,12H2,1H3,(H,13,14). The van der Waals surface area contributed by atoms with Gasteiger partial charge in [0.2, 0.25) is 0 Å². The van der Waals surface area contributed by atoms with Gasteiger partial charge in [-0.15, -0.1) is 0 Å². The minimum atomic E-state index is -1.03. The normalized spacial score (nSPS) is 14.2. The fourth-order valence-corrected chi connectivity index (χ4v) is 1.36. The van der Waals surface area contributed by atoms with Crippen molar-refractivity contribution in [2.45, 2.75) is 18.6 Å². The first kappa shape index (κ1) is 12.5. The molecule has 0 aliphatic heterocycles. The number of rotatable bonds is 5. The molecule has 1 aromatic rings. The highest BCUT2D eigenvalue weighted by Gasteiger charge is 2.19. The van der Waals surface area contributed by atoms with Gasteiger partial charge in [-0.25, -0.2) is 0 Å². The molecule has 2 atom stereocenters. The molecule has 0 aliphatic carbocycles. The molecule has 0 radical (unpaired) electrons. The molecular formula is C11H15NO4. The number of hydrogen-bond acceptors (Lipinski definition) is 4. The van der Waals surface area contributed by atoms with E-state index in [1.807, 2.05) is 0 Å². The smallest absolute Gasteiger partial charge is 0.305 e. The summed E-state index contributed by atoms with van der Waals surface area (Å²) in [7, 11) is 1.54. The summed E-state index contributed by atoms with van der Waals surface area (Å²) in [5, 5.41) is 18.3. The van der Waals surface area contributed by atoms with Crippen LogP contribution in [0, 0.1) is 0 Å². The van der Waals surface area contributed by atoms with E-state index in [2.05, 4.69) is 0 Å². The maximum atomic E-state index is 10.4. The highest BCUT2D eigenvalue weighted by molar-refractivity contribution is 5.67. The van der Waals surface area contributed by atoms with Gasteiger partial charge in [-0.3, -0.25) is 4.79 Å². The van der Waals surface area contributed by atoms with Crippen LogP contribution in [-0.4, -0.2) is 29.3 Å². The molecule has 0 bridgehead atoms. The molecule has 0 spiro atoms. The third-order valence-electron chi connectivity index (χ3n) is 2.27. The topological polar surface area (TPSA) is 92.8 Å². The summed E-state index contributed by atoms with van der Waals surface area (Å²) in [4.78, 5) is 10.4. The Bertz CT molecular complexity index is 350. The van der Waals surface area contributed by atoms with Crippen LogP contribution >= 0.6 is 0 Å². The minimum Gasteiger partial charge on any atom is -0.497 e. The average Bonchev–Trinajstić information content (AvgIpc) is 2.27. The van der Waals surface area contributed by atoms with Gasteiger partial charge in [-0.05, 0) is 17.7 Å². The fourth-order valence-electron chi connectivity index (χ4n) is 1.36. The summed E-state index contributed by atoms with van der Waals surface area (Å²) in [6.45, 7) is 0. The summed E-state index contributed by atoms with van der Waals surface area (Å²) in [6.07, 6.45) is -1.25.